The fourth-order valence-electron chi connectivity index (χ4n) is 2.87. The molecular weight excluding hydrogens is 386 g/mol. The SMILES string of the molecule is COc1cc(C2N=C(NC#N)Nc3nc(N)c(C#N)c(N)c32)ccc1OC(F)F. The first-order valence-corrected chi connectivity index (χ1v) is 8.01. The number of hydrogen-bond donors (Lipinski definition) is 4. The van der Waals surface area contributed by atoms with Crippen LogP contribution in [0.1, 0.15) is 22.7 Å². The van der Waals surface area contributed by atoms with Crippen LogP contribution in [0.3, 0.4) is 0 Å². The number of nitrogens with zero attached hydrogens (tertiary/aromatic N) is 4. The Labute approximate surface area is 163 Å². The highest BCUT2D eigenvalue weighted by atomic mass is 19.3. The number of aromatic nitrogens is 1. The third-order valence-electron chi connectivity index (χ3n) is 4.08. The Morgan fingerprint density at radius 3 is 2.66 bits per heavy atom. The van der Waals surface area contributed by atoms with Gasteiger partial charge >= 0.3 is 6.61 Å². The van der Waals surface area contributed by atoms with Crippen molar-refractivity contribution in [2.24, 2.45) is 4.99 Å². The molecule has 12 heteroatoms. The number of aliphatic imine (C=N–C) groups is 1. The Hall–Kier alpha value is -4.32. The number of ether oxygens (including phenoxy) is 2. The van der Waals surface area contributed by atoms with Crippen molar-refractivity contribution >= 4 is 23.3 Å². The minimum absolute atomic E-state index is 0.0212. The van der Waals surface area contributed by atoms with Crippen LogP contribution in [0.25, 0.3) is 0 Å². The number of alkyl halides is 2. The van der Waals surface area contributed by atoms with Gasteiger partial charge < -0.3 is 26.3 Å². The molecule has 0 amide bonds. The predicted octanol–water partition coefficient (Wildman–Crippen LogP) is 1.67. The van der Waals surface area contributed by atoms with Crippen molar-refractivity contribution in [2.75, 3.05) is 23.9 Å². The molecule has 6 N–H and O–H groups in total. The van der Waals surface area contributed by atoms with E-state index in [9.17, 15) is 14.0 Å². The molecule has 0 aliphatic carbocycles. The number of nitriles is 2. The van der Waals surface area contributed by atoms with Crippen LogP contribution < -0.4 is 31.6 Å². The number of methoxy groups -OCH3 is 1. The molecule has 0 spiro atoms. The number of guanidine groups is 1. The molecule has 3 rings (SSSR count). The molecule has 0 saturated heterocycles. The summed E-state index contributed by atoms with van der Waals surface area (Å²) in [6.07, 6.45) is 1.73. The van der Waals surface area contributed by atoms with E-state index in [-0.39, 0.29) is 40.3 Å². The van der Waals surface area contributed by atoms with Crippen LogP contribution in [0.2, 0.25) is 0 Å². The molecule has 0 bridgehead atoms. The lowest BCUT2D eigenvalue weighted by Gasteiger charge is -2.26. The lowest BCUT2D eigenvalue weighted by Crippen LogP contribution is -2.32. The second kappa shape index (κ2) is 7.74. The Morgan fingerprint density at radius 2 is 2.03 bits per heavy atom. The molecule has 1 aromatic heterocycles. The molecule has 2 heterocycles. The molecule has 2 aromatic rings. The number of benzene rings is 1. The molecular formula is C17H14F2N8O2. The molecule has 10 nitrogen and oxygen atoms in total. The van der Waals surface area contributed by atoms with Crippen LogP contribution in [-0.2, 0) is 0 Å². The van der Waals surface area contributed by atoms with Gasteiger partial charge in [0.25, 0.3) is 0 Å². The standard InChI is InChI=1S/C17H14F2N8O2/c1-28-10-4-7(2-3-9(10)29-16(18)19)13-11-12(22)8(5-20)14(23)26-15(11)27-17(25-13)24-6-21/h2-4,13,16H,1H3,(H6,22,23,24,25,26,27). The number of halogens is 2. The largest absolute Gasteiger partial charge is 0.493 e. The lowest BCUT2D eigenvalue weighted by molar-refractivity contribution is -0.0512. The minimum Gasteiger partial charge on any atom is -0.493 e. The van der Waals surface area contributed by atoms with Crippen molar-refractivity contribution in [2.45, 2.75) is 12.7 Å². The van der Waals surface area contributed by atoms with Gasteiger partial charge in [-0.15, -0.1) is 0 Å². The maximum atomic E-state index is 12.6. The average Bonchev–Trinajstić information content (AvgIpc) is 2.67. The second-order valence-electron chi connectivity index (χ2n) is 5.69. The van der Waals surface area contributed by atoms with Crippen LogP contribution >= 0.6 is 0 Å². The highest BCUT2D eigenvalue weighted by molar-refractivity contribution is 5.98. The third kappa shape index (κ3) is 3.59. The first-order valence-electron chi connectivity index (χ1n) is 8.01. The number of rotatable bonds is 4. The summed E-state index contributed by atoms with van der Waals surface area (Å²) in [6, 6.07) is 5.27. The third-order valence-corrected chi connectivity index (χ3v) is 4.08. The number of fused-ring (bicyclic) bond motifs is 1. The average molecular weight is 400 g/mol. The van der Waals surface area contributed by atoms with Gasteiger partial charge in [-0.05, 0) is 17.7 Å². The van der Waals surface area contributed by atoms with E-state index in [0.29, 0.717) is 11.1 Å². The Balaban J connectivity index is 2.18. The number of hydrogen-bond acceptors (Lipinski definition) is 10. The molecule has 1 atom stereocenters. The second-order valence-corrected chi connectivity index (χ2v) is 5.69. The van der Waals surface area contributed by atoms with Crippen molar-refractivity contribution in [3.63, 3.8) is 0 Å². The van der Waals surface area contributed by atoms with Crippen molar-refractivity contribution in [1.82, 2.24) is 10.3 Å². The molecule has 148 valence electrons. The summed E-state index contributed by atoms with van der Waals surface area (Å²) in [5.41, 5.74) is 12.8. The van der Waals surface area contributed by atoms with E-state index in [1.807, 2.05) is 6.07 Å². The molecule has 0 radical (unpaired) electrons. The van der Waals surface area contributed by atoms with Gasteiger partial charge in [0.1, 0.15) is 29.3 Å². The molecule has 1 aliphatic rings. The number of pyridine rings is 1. The van der Waals surface area contributed by atoms with E-state index in [1.54, 1.807) is 6.19 Å². The summed E-state index contributed by atoms with van der Waals surface area (Å²) in [6.45, 7) is -3.03. The minimum atomic E-state index is -3.03. The zero-order valence-electron chi connectivity index (χ0n) is 14.9. The molecule has 0 fully saturated rings. The van der Waals surface area contributed by atoms with Gasteiger partial charge in [-0.25, -0.2) is 9.98 Å². The zero-order chi connectivity index (χ0) is 21.1. The normalized spacial score (nSPS) is 14.7. The van der Waals surface area contributed by atoms with Gasteiger partial charge in [0.15, 0.2) is 17.7 Å². The van der Waals surface area contributed by atoms with E-state index in [4.69, 9.17) is 21.5 Å². The molecule has 1 unspecified atom stereocenters. The summed E-state index contributed by atoms with van der Waals surface area (Å²) in [7, 11) is 1.30. The van der Waals surface area contributed by atoms with E-state index in [1.165, 1.54) is 25.3 Å². The zero-order valence-corrected chi connectivity index (χ0v) is 14.9. The van der Waals surface area contributed by atoms with Gasteiger partial charge in [-0.1, -0.05) is 6.07 Å². The number of nitrogens with one attached hydrogen (secondary N) is 2. The van der Waals surface area contributed by atoms with Crippen LogP contribution in [-0.4, -0.2) is 24.7 Å². The highest BCUT2D eigenvalue weighted by Gasteiger charge is 2.30. The Kier molecular flexibility index (Phi) is 5.19. The van der Waals surface area contributed by atoms with Gasteiger partial charge in [0, 0.05) is 5.56 Å². The van der Waals surface area contributed by atoms with Crippen molar-refractivity contribution < 1.29 is 18.3 Å². The number of nitrogen functional groups attached to an aromatic ring is 2. The first kappa shape index (κ1) is 19.4. The Morgan fingerprint density at radius 1 is 1.28 bits per heavy atom. The van der Waals surface area contributed by atoms with E-state index in [0.717, 1.165) is 0 Å². The number of nitrogens with two attached hydrogens (primary N) is 2. The molecule has 0 saturated carbocycles. The van der Waals surface area contributed by atoms with Crippen LogP contribution in [0, 0.1) is 22.8 Å². The molecule has 29 heavy (non-hydrogen) atoms. The maximum Gasteiger partial charge on any atom is 0.387 e. The molecule has 1 aliphatic heterocycles. The maximum absolute atomic E-state index is 12.6. The van der Waals surface area contributed by atoms with Crippen LogP contribution in [0.4, 0.5) is 26.1 Å². The van der Waals surface area contributed by atoms with Crippen molar-refractivity contribution in [1.29, 1.82) is 10.5 Å². The Bertz CT molecular complexity index is 1070. The smallest absolute Gasteiger partial charge is 0.387 e. The topological polar surface area (TPSA) is 167 Å². The van der Waals surface area contributed by atoms with Crippen molar-refractivity contribution in [3.8, 4) is 23.8 Å². The van der Waals surface area contributed by atoms with Crippen LogP contribution in [0.5, 0.6) is 11.5 Å². The monoisotopic (exact) mass is 400 g/mol. The van der Waals surface area contributed by atoms with E-state index >= 15 is 0 Å². The summed E-state index contributed by atoms with van der Waals surface area (Å²) < 4.78 is 34.7. The highest BCUT2D eigenvalue weighted by Crippen LogP contribution is 2.42. The van der Waals surface area contributed by atoms with Gasteiger partial charge in [-0.2, -0.15) is 19.3 Å². The van der Waals surface area contributed by atoms with Gasteiger partial charge in [0.2, 0.25) is 5.96 Å². The predicted molar refractivity (Wildman–Crippen MR) is 99.1 cm³/mol. The fourth-order valence-corrected chi connectivity index (χ4v) is 2.87. The summed E-state index contributed by atoms with van der Waals surface area (Å²) in [5.74, 6) is 0.0409. The fraction of sp³-hybridized carbons (Fsp3) is 0.176. The summed E-state index contributed by atoms with van der Waals surface area (Å²) >= 11 is 0. The van der Waals surface area contributed by atoms with Gasteiger partial charge in [-0.3, -0.25) is 5.32 Å². The quantitative estimate of drug-likeness (QED) is 0.441. The van der Waals surface area contributed by atoms with Crippen molar-refractivity contribution in [3.05, 3.63) is 34.9 Å². The summed E-state index contributed by atoms with van der Waals surface area (Å²) in [5, 5.41) is 23.4. The molecule has 1 aromatic carbocycles. The van der Waals surface area contributed by atoms with E-state index in [2.05, 4.69) is 25.3 Å². The first-order chi connectivity index (χ1) is 13.9. The lowest BCUT2D eigenvalue weighted by atomic mass is 9.95. The number of anilines is 3. The summed E-state index contributed by atoms with van der Waals surface area (Å²) in [4.78, 5) is 8.50. The van der Waals surface area contributed by atoms with Crippen LogP contribution in [0.15, 0.2) is 23.2 Å². The van der Waals surface area contributed by atoms with Gasteiger partial charge in [0.05, 0.1) is 12.8 Å². The van der Waals surface area contributed by atoms with E-state index < -0.39 is 12.7 Å².